The number of nitrogens with zero attached hydrogens (tertiary/aromatic N) is 2. The van der Waals surface area contributed by atoms with Gasteiger partial charge in [-0.1, -0.05) is 18.5 Å². The van der Waals surface area contributed by atoms with Gasteiger partial charge in [-0.2, -0.15) is 13.2 Å². The highest BCUT2D eigenvalue weighted by Gasteiger charge is 2.30. The number of aromatic nitrogens is 1. The van der Waals surface area contributed by atoms with Crippen LogP contribution in [0.2, 0.25) is 5.02 Å². The maximum absolute atomic E-state index is 12.5. The van der Waals surface area contributed by atoms with Crippen LogP contribution in [0.15, 0.2) is 12.3 Å². The maximum atomic E-state index is 12.5. The van der Waals surface area contributed by atoms with Crippen molar-refractivity contribution >= 4 is 17.4 Å². The molecule has 0 aliphatic heterocycles. The fraction of sp³-hybridized carbons (Fsp3) is 0.583. The van der Waals surface area contributed by atoms with E-state index in [1.165, 1.54) is 11.1 Å². The van der Waals surface area contributed by atoms with E-state index < -0.39 is 12.7 Å². The lowest BCUT2D eigenvalue weighted by Gasteiger charge is -2.24. The minimum absolute atomic E-state index is 0.231. The fourth-order valence-corrected chi connectivity index (χ4v) is 1.78. The highest BCUT2D eigenvalue weighted by molar-refractivity contribution is 6.31. The van der Waals surface area contributed by atoms with E-state index in [9.17, 15) is 13.2 Å². The molecule has 0 radical (unpaired) electrons. The van der Waals surface area contributed by atoms with Gasteiger partial charge in [0.05, 0.1) is 5.02 Å². The molecule has 0 saturated heterocycles. The summed E-state index contributed by atoms with van der Waals surface area (Å²) < 4.78 is 37.4. The molecule has 19 heavy (non-hydrogen) atoms. The van der Waals surface area contributed by atoms with Crippen LogP contribution >= 0.6 is 11.6 Å². The molecule has 0 aliphatic rings. The molecule has 0 fully saturated rings. The molecule has 1 heterocycles. The first-order valence-corrected chi connectivity index (χ1v) is 6.42. The Morgan fingerprint density at radius 3 is 2.58 bits per heavy atom. The summed E-state index contributed by atoms with van der Waals surface area (Å²) in [5.41, 5.74) is 0.745. The molecule has 0 saturated carbocycles. The summed E-state index contributed by atoms with van der Waals surface area (Å²) in [4.78, 5) is 5.14. The maximum Gasteiger partial charge on any atom is 0.405 e. The number of hydrogen-bond acceptors (Lipinski definition) is 3. The standard InChI is InChI=1S/C12H17ClF3N3/c1-3-17-6-9-5-11(18-7-10(9)13)19(4-2)8-12(14,15)16/h5,7,17H,3-4,6,8H2,1-2H3. The molecule has 0 amide bonds. The van der Waals surface area contributed by atoms with Gasteiger partial charge in [0.1, 0.15) is 12.4 Å². The van der Waals surface area contributed by atoms with E-state index in [2.05, 4.69) is 10.3 Å². The number of rotatable bonds is 6. The Balaban J connectivity index is 2.92. The van der Waals surface area contributed by atoms with Crippen LogP contribution in [0.25, 0.3) is 0 Å². The third-order valence-electron chi connectivity index (χ3n) is 2.56. The molecule has 108 valence electrons. The second-order valence-corrected chi connectivity index (χ2v) is 4.45. The van der Waals surface area contributed by atoms with Crippen molar-refractivity contribution in [3.8, 4) is 0 Å². The zero-order valence-corrected chi connectivity index (χ0v) is 11.6. The predicted octanol–water partition coefficient (Wildman–Crippen LogP) is 3.23. The van der Waals surface area contributed by atoms with Crippen LogP contribution in [0.1, 0.15) is 19.4 Å². The van der Waals surface area contributed by atoms with Crippen LogP contribution in [0.4, 0.5) is 19.0 Å². The van der Waals surface area contributed by atoms with Crippen molar-refractivity contribution < 1.29 is 13.2 Å². The second kappa shape index (κ2) is 6.96. The summed E-state index contributed by atoms with van der Waals surface area (Å²) in [7, 11) is 0. The van der Waals surface area contributed by atoms with Crippen LogP contribution in [-0.4, -0.2) is 30.8 Å². The number of pyridine rings is 1. The highest BCUT2D eigenvalue weighted by Crippen LogP contribution is 2.24. The Bertz CT molecular complexity index is 410. The van der Waals surface area contributed by atoms with E-state index in [0.717, 1.165) is 12.1 Å². The van der Waals surface area contributed by atoms with Crippen molar-refractivity contribution in [2.75, 3.05) is 24.5 Å². The van der Waals surface area contributed by atoms with Crippen molar-refractivity contribution in [1.29, 1.82) is 0 Å². The third-order valence-corrected chi connectivity index (χ3v) is 2.90. The lowest BCUT2D eigenvalue weighted by atomic mass is 10.2. The monoisotopic (exact) mass is 295 g/mol. The van der Waals surface area contributed by atoms with Crippen molar-refractivity contribution in [2.45, 2.75) is 26.6 Å². The van der Waals surface area contributed by atoms with Crippen LogP contribution in [0.3, 0.4) is 0 Å². The molecular weight excluding hydrogens is 279 g/mol. The van der Waals surface area contributed by atoms with Crippen LogP contribution in [-0.2, 0) is 6.54 Å². The molecule has 1 rings (SSSR count). The number of nitrogens with one attached hydrogen (secondary N) is 1. The SMILES string of the molecule is CCNCc1cc(N(CC)CC(F)(F)F)ncc1Cl. The molecule has 0 aliphatic carbocycles. The van der Waals surface area contributed by atoms with Crippen molar-refractivity contribution in [3.63, 3.8) is 0 Å². The normalized spacial score (nSPS) is 11.7. The number of halogens is 4. The van der Waals surface area contributed by atoms with Crippen molar-refractivity contribution in [2.24, 2.45) is 0 Å². The summed E-state index contributed by atoms with van der Waals surface area (Å²) in [6.45, 7) is 4.08. The van der Waals surface area contributed by atoms with Gasteiger partial charge in [-0.3, -0.25) is 0 Å². The number of hydrogen-bond donors (Lipinski definition) is 1. The minimum Gasteiger partial charge on any atom is -0.348 e. The summed E-state index contributed by atoms with van der Waals surface area (Å²) in [6, 6.07) is 1.60. The van der Waals surface area contributed by atoms with Gasteiger partial charge in [0.25, 0.3) is 0 Å². The number of anilines is 1. The minimum atomic E-state index is -4.25. The molecule has 7 heteroatoms. The summed E-state index contributed by atoms with van der Waals surface area (Å²) in [6.07, 6.45) is -2.86. The Hall–Kier alpha value is -1.01. The molecule has 0 atom stereocenters. The van der Waals surface area contributed by atoms with Gasteiger partial charge in [-0.25, -0.2) is 4.98 Å². The first-order chi connectivity index (χ1) is 8.87. The van der Waals surface area contributed by atoms with Gasteiger partial charge in [0.15, 0.2) is 0 Å². The van der Waals surface area contributed by atoms with E-state index >= 15 is 0 Å². The molecule has 1 aromatic rings. The molecular formula is C12H17ClF3N3. The van der Waals surface area contributed by atoms with Gasteiger partial charge in [0.2, 0.25) is 0 Å². The summed E-state index contributed by atoms with van der Waals surface area (Å²) >= 11 is 5.97. The van der Waals surface area contributed by atoms with Crippen molar-refractivity contribution in [3.05, 3.63) is 22.8 Å². The molecule has 0 unspecified atom stereocenters. The number of alkyl halides is 3. The Morgan fingerprint density at radius 2 is 2.05 bits per heavy atom. The zero-order chi connectivity index (χ0) is 14.5. The lowest BCUT2D eigenvalue weighted by Crippen LogP contribution is -2.34. The molecule has 0 bridgehead atoms. The molecule has 3 nitrogen and oxygen atoms in total. The Kier molecular flexibility index (Phi) is 5.87. The topological polar surface area (TPSA) is 28.2 Å². The van der Waals surface area contributed by atoms with E-state index in [-0.39, 0.29) is 12.4 Å². The van der Waals surface area contributed by atoms with E-state index in [1.54, 1.807) is 13.0 Å². The second-order valence-electron chi connectivity index (χ2n) is 4.04. The zero-order valence-electron chi connectivity index (χ0n) is 10.9. The van der Waals surface area contributed by atoms with Gasteiger partial charge >= 0.3 is 6.18 Å². The smallest absolute Gasteiger partial charge is 0.348 e. The third kappa shape index (κ3) is 5.24. The highest BCUT2D eigenvalue weighted by atomic mass is 35.5. The molecule has 0 spiro atoms. The van der Waals surface area contributed by atoms with Gasteiger partial charge < -0.3 is 10.2 Å². The fourth-order valence-electron chi connectivity index (χ4n) is 1.61. The molecule has 1 N–H and O–H groups in total. The van der Waals surface area contributed by atoms with Gasteiger partial charge in [-0.15, -0.1) is 0 Å². The lowest BCUT2D eigenvalue weighted by molar-refractivity contribution is -0.119. The van der Waals surface area contributed by atoms with Gasteiger partial charge in [-0.05, 0) is 25.1 Å². The average Bonchev–Trinajstić information content (AvgIpc) is 2.34. The Labute approximate surface area is 115 Å². The summed E-state index contributed by atoms with van der Waals surface area (Å²) in [5, 5.41) is 3.54. The first-order valence-electron chi connectivity index (χ1n) is 6.04. The van der Waals surface area contributed by atoms with E-state index in [4.69, 9.17) is 11.6 Å². The quantitative estimate of drug-likeness (QED) is 0.873. The summed E-state index contributed by atoms with van der Waals surface area (Å²) in [5.74, 6) is 0.289. The predicted molar refractivity (Wildman–Crippen MR) is 70.6 cm³/mol. The first kappa shape index (κ1) is 16.0. The molecule has 0 aromatic carbocycles. The van der Waals surface area contributed by atoms with E-state index in [0.29, 0.717) is 11.6 Å². The van der Waals surface area contributed by atoms with Crippen molar-refractivity contribution in [1.82, 2.24) is 10.3 Å². The van der Waals surface area contributed by atoms with Gasteiger partial charge in [0, 0.05) is 19.3 Å². The van der Waals surface area contributed by atoms with E-state index in [1.807, 2.05) is 6.92 Å². The Morgan fingerprint density at radius 1 is 1.37 bits per heavy atom. The van der Waals surface area contributed by atoms with Crippen LogP contribution in [0.5, 0.6) is 0 Å². The van der Waals surface area contributed by atoms with Crippen LogP contribution < -0.4 is 10.2 Å². The van der Waals surface area contributed by atoms with Crippen LogP contribution in [0, 0.1) is 0 Å². The molecule has 1 aromatic heterocycles. The average molecular weight is 296 g/mol. The largest absolute Gasteiger partial charge is 0.405 e.